The van der Waals surface area contributed by atoms with Gasteiger partial charge in [0.25, 0.3) is 5.91 Å². The molecule has 2 aromatic carbocycles. The van der Waals surface area contributed by atoms with Crippen molar-refractivity contribution in [1.82, 2.24) is 4.90 Å². The number of carbonyl (C=O) groups excluding carboxylic acids is 1. The molecule has 1 fully saturated rings. The van der Waals surface area contributed by atoms with E-state index in [1.165, 1.54) is 0 Å². The average molecular weight is 448 g/mol. The first-order valence-corrected chi connectivity index (χ1v) is 12.2. The maximum Gasteiger partial charge on any atom is 0.259 e. The monoisotopic (exact) mass is 447 g/mol. The second-order valence-electron chi connectivity index (χ2n) is 10.3. The second-order valence-corrected chi connectivity index (χ2v) is 10.3. The number of allylic oxidation sites excluding steroid dienone is 1. The maximum atomic E-state index is 14.1. The topological polar surface area (TPSA) is 38.8 Å². The van der Waals surface area contributed by atoms with Gasteiger partial charge < -0.3 is 14.4 Å². The van der Waals surface area contributed by atoms with Crippen LogP contribution < -0.4 is 0 Å². The summed E-state index contributed by atoms with van der Waals surface area (Å²) >= 11 is 0. The summed E-state index contributed by atoms with van der Waals surface area (Å²) in [5.74, 6) is 0.0890. The fourth-order valence-corrected chi connectivity index (χ4v) is 5.31. The van der Waals surface area contributed by atoms with Crippen LogP contribution in [-0.4, -0.2) is 29.6 Å². The van der Waals surface area contributed by atoms with Crippen molar-refractivity contribution < 1.29 is 14.3 Å². The van der Waals surface area contributed by atoms with Gasteiger partial charge in [0.15, 0.2) is 5.60 Å². The van der Waals surface area contributed by atoms with Gasteiger partial charge in [0, 0.05) is 18.2 Å². The molecule has 4 heteroatoms. The van der Waals surface area contributed by atoms with Crippen LogP contribution in [-0.2, 0) is 27.5 Å². The first-order valence-electron chi connectivity index (χ1n) is 12.2. The zero-order chi connectivity index (χ0) is 23.4. The molecule has 0 spiro atoms. The van der Waals surface area contributed by atoms with Gasteiger partial charge in [-0.2, -0.15) is 0 Å². The highest BCUT2D eigenvalue weighted by Crippen LogP contribution is 2.60. The fourth-order valence-electron chi connectivity index (χ4n) is 5.31. The van der Waals surface area contributed by atoms with Crippen molar-refractivity contribution in [1.29, 1.82) is 0 Å². The molecule has 1 aliphatic carbocycles. The van der Waals surface area contributed by atoms with Crippen molar-refractivity contribution in [2.75, 3.05) is 13.2 Å². The zero-order valence-corrected chi connectivity index (χ0v) is 20.3. The lowest BCUT2D eigenvalue weighted by Gasteiger charge is -2.48. The summed E-state index contributed by atoms with van der Waals surface area (Å²) in [6, 6.07) is 20.4. The smallest absolute Gasteiger partial charge is 0.259 e. The molecule has 4 nitrogen and oxygen atoms in total. The third kappa shape index (κ3) is 4.64. The van der Waals surface area contributed by atoms with Crippen LogP contribution in [0, 0.1) is 10.8 Å². The highest BCUT2D eigenvalue weighted by Gasteiger charge is 2.66. The summed E-state index contributed by atoms with van der Waals surface area (Å²) < 4.78 is 12.9. The van der Waals surface area contributed by atoms with Crippen molar-refractivity contribution >= 4 is 5.91 Å². The van der Waals surface area contributed by atoms with Crippen molar-refractivity contribution in [3.8, 4) is 0 Å². The van der Waals surface area contributed by atoms with Crippen molar-refractivity contribution in [3.05, 3.63) is 84.1 Å². The van der Waals surface area contributed by atoms with Crippen LogP contribution in [0.2, 0.25) is 0 Å². The molecule has 0 radical (unpaired) electrons. The number of rotatable bonds is 8. The zero-order valence-electron chi connectivity index (χ0n) is 20.3. The normalized spacial score (nSPS) is 26.5. The summed E-state index contributed by atoms with van der Waals surface area (Å²) in [5, 5.41) is 0. The number of ether oxygens (including phenoxy) is 2. The Kier molecular flexibility index (Phi) is 7.06. The molecule has 0 bridgehead atoms. The van der Waals surface area contributed by atoms with Gasteiger partial charge in [-0.3, -0.25) is 4.79 Å². The van der Waals surface area contributed by atoms with E-state index in [2.05, 4.69) is 51.1 Å². The predicted molar refractivity (Wildman–Crippen MR) is 131 cm³/mol. The lowest BCUT2D eigenvalue weighted by molar-refractivity contribution is -0.184. The van der Waals surface area contributed by atoms with Crippen LogP contribution in [0.1, 0.15) is 57.6 Å². The molecule has 1 amide bonds. The van der Waals surface area contributed by atoms with Crippen LogP contribution >= 0.6 is 0 Å². The molecule has 0 N–H and O–H groups in total. The third-order valence-corrected chi connectivity index (χ3v) is 8.07. The summed E-state index contributed by atoms with van der Waals surface area (Å²) in [6.07, 6.45) is 7.65. The van der Waals surface area contributed by atoms with E-state index in [4.69, 9.17) is 9.47 Å². The van der Waals surface area contributed by atoms with Gasteiger partial charge in [-0.15, -0.1) is 0 Å². The number of benzene rings is 2. The third-order valence-electron chi connectivity index (χ3n) is 8.07. The van der Waals surface area contributed by atoms with Crippen molar-refractivity contribution in [2.45, 2.75) is 65.3 Å². The largest absolute Gasteiger partial charge is 0.376 e. The van der Waals surface area contributed by atoms with Crippen LogP contribution in [0.15, 0.2) is 72.9 Å². The summed E-state index contributed by atoms with van der Waals surface area (Å²) in [4.78, 5) is 15.9. The van der Waals surface area contributed by atoms with Crippen molar-refractivity contribution in [2.24, 2.45) is 10.8 Å². The lowest BCUT2D eigenvalue weighted by Crippen LogP contribution is -2.59. The lowest BCUT2D eigenvalue weighted by atomic mass is 9.63. The Morgan fingerprint density at radius 2 is 1.55 bits per heavy atom. The SMILES string of the molecule is CC1(C)[C@](C)(COCc2ccccc2)CC[C@@]1(OCc1ccccc1)C(=O)N1C=CCCC1. The van der Waals surface area contributed by atoms with Gasteiger partial charge in [-0.05, 0) is 42.2 Å². The number of nitrogens with zero attached hydrogens (tertiary/aromatic N) is 1. The minimum absolute atomic E-state index is 0.0890. The van der Waals surface area contributed by atoms with Crippen molar-refractivity contribution in [3.63, 3.8) is 0 Å². The van der Waals surface area contributed by atoms with E-state index in [-0.39, 0.29) is 11.3 Å². The minimum atomic E-state index is -0.893. The highest BCUT2D eigenvalue weighted by atomic mass is 16.5. The van der Waals surface area contributed by atoms with E-state index in [1.807, 2.05) is 47.5 Å². The van der Waals surface area contributed by atoms with E-state index >= 15 is 0 Å². The molecule has 1 aliphatic heterocycles. The Hall–Kier alpha value is -2.43. The Morgan fingerprint density at radius 3 is 2.15 bits per heavy atom. The molecule has 2 aromatic rings. The molecule has 4 rings (SSSR count). The highest BCUT2D eigenvalue weighted by molar-refractivity contribution is 5.88. The molecule has 1 heterocycles. The van der Waals surface area contributed by atoms with Crippen LogP contribution in [0.3, 0.4) is 0 Å². The van der Waals surface area contributed by atoms with Gasteiger partial charge in [0.2, 0.25) is 0 Å². The van der Waals surface area contributed by atoms with Gasteiger partial charge >= 0.3 is 0 Å². The molecular weight excluding hydrogens is 410 g/mol. The quantitative estimate of drug-likeness (QED) is 0.489. The van der Waals surface area contributed by atoms with Crippen LogP contribution in [0.4, 0.5) is 0 Å². The van der Waals surface area contributed by atoms with Crippen LogP contribution in [0.5, 0.6) is 0 Å². The van der Waals surface area contributed by atoms with E-state index in [9.17, 15) is 4.79 Å². The first-order chi connectivity index (χ1) is 15.9. The molecule has 0 saturated heterocycles. The summed E-state index contributed by atoms with van der Waals surface area (Å²) in [6.45, 7) is 9.00. The Labute approximate surface area is 198 Å². The molecule has 2 aliphatic rings. The molecule has 1 saturated carbocycles. The van der Waals surface area contributed by atoms with Gasteiger partial charge in [-0.25, -0.2) is 0 Å². The summed E-state index contributed by atoms with van der Waals surface area (Å²) in [7, 11) is 0. The number of amides is 1. The Morgan fingerprint density at radius 1 is 0.909 bits per heavy atom. The first kappa shape index (κ1) is 23.7. The predicted octanol–water partition coefficient (Wildman–Crippen LogP) is 6.12. The average Bonchev–Trinajstić information content (AvgIpc) is 3.05. The van der Waals surface area contributed by atoms with Crippen LogP contribution in [0.25, 0.3) is 0 Å². The summed E-state index contributed by atoms with van der Waals surface area (Å²) in [5.41, 5.74) is 0.762. The Balaban J connectivity index is 1.57. The van der Waals surface area contributed by atoms with Gasteiger partial charge in [-0.1, -0.05) is 87.5 Å². The molecule has 2 atom stereocenters. The van der Waals surface area contributed by atoms with E-state index < -0.39 is 11.0 Å². The minimum Gasteiger partial charge on any atom is -0.376 e. The molecule has 0 unspecified atom stereocenters. The maximum absolute atomic E-state index is 14.1. The molecular formula is C29H37NO3. The number of hydrogen-bond donors (Lipinski definition) is 0. The molecule has 33 heavy (non-hydrogen) atoms. The van der Waals surface area contributed by atoms with Gasteiger partial charge in [0.1, 0.15) is 0 Å². The number of hydrogen-bond acceptors (Lipinski definition) is 3. The van der Waals surface area contributed by atoms with Gasteiger partial charge in [0.05, 0.1) is 19.8 Å². The molecule has 176 valence electrons. The fraction of sp³-hybridized carbons (Fsp3) is 0.483. The Bertz CT molecular complexity index is 955. The van der Waals surface area contributed by atoms with E-state index in [0.29, 0.717) is 26.2 Å². The van der Waals surface area contributed by atoms with E-state index in [1.54, 1.807) is 0 Å². The standard InChI is InChI=1S/C29H37NO3/c1-27(2)28(3,23-32-21-24-13-7-4-8-14-24)17-18-29(27,26(31)30-19-11-6-12-20-30)33-22-25-15-9-5-10-16-25/h4-5,7-11,13-16,19H,6,12,17-18,20-23H2,1-3H3/t28-,29+/m0/s1. The number of carbonyl (C=O) groups is 1. The molecule has 0 aromatic heterocycles. The van der Waals surface area contributed by atoms with E-state index in [0.717, 1.165) is 36.9 Å². The second kappa shape index (κ2) is 9.82.